The number of hydrogen-bond donors (Lipinski definition) is 0. The lowest BCUT2D eigenvalue weighted by atomic mass is 10.0. The zero-order chi connectivity index (χ0) is 21.8. The van der Waals surface area contributed by atoms with Crippen molar-refractivity contribution in [3.05, 3.63) is 54.4 Å². The number of anilines is 1. The lowest BCUT2D eigenvalue weighted by Gasteiger charge is -2.36. The van der Waals surface area contributed by atoms with Crippen LogP contribution in [-0.2, 0) is 20.9 Å². The van der Waals surface area contributed by atoms with E-state index in [-0.39, 0.29) is 30.4 Å². The molecule has 2 aromatic rings. The SMILES string of the molecule is CC(C)[C@@H]1Oc2ccccc2N(CC(=O)N(Cc2ccccn2)C[C@@H]2CCCO2)C1=O. The molecule has 2 atom stereocenters. The minimum atomic E-state index is -0.606. The predicted molar refractivity (Wildman–Crippen MR) is 117 cm³/mol. The van der Waals surface area contributed by atoms with Crippen molar-refractivity contribution in [3.63, 3.8) is 0 Å². The van der Waals surface area contributed by atoms with Gasteiger partial charge in [0.15, 0.2) is 6.10 Å². The average Bonchev–Trinajstić information content (AvgIpc) is 3.28. The Morgan fingerprint density at radius 2 is 2.03 bits per heavy atom. The minimum absolute atomic E-state index is 0.00466. The summed E-state index contributed by atoms with van der Waals surface area (Å²) in [5, 5.41) is 0. The second-order valence-corrected chi connectivity index (χ2v) is 8.40. The van der Waals surface area contributed by atoms with Gasteiger partial charge >= 0.3 is 0 Å². The molecule has 7 nitrogen and oxygen atoms in total. The van der Waals surface area contributed by atoms with Crippen molar-refractivity contribution in [2.45, 2.75) is 45.4 Å². The number of benzene rings is 1. The van der Waals surface area contributed by atoms with E-state index in [0.717, 1.165) is 25.1 Å². The van der Waals surface area contributed by atoms with Crippen molar-refractivity contribution < 1.29 is 19.1 Å². The van der Waals surface area contributed by atoms with Gasteiger partial charge in [-0.25, -0.2) is 0 Å². The molecule has 4 rings (SSSR count). The number of rotatable bonds is 7. The molecule has 0 spiro atoms. The molecule has 0 unspecified atom stereocenters. The van der Waals surface area contributed by atoms with E-state index in [2.05, 4.69) is 4.98 Å². The second-order valence-electron chi connectivity index (χ2n) is 8.40. The maximum Gasteiger partial charge on any atom is 0.268 e. The van der Waals surface area contributed by atoms with Gasteiger partial charge in [-0.05, 0) is 43.0 Å². The summed E-state index contributed by atoms with van der Waals surface area (Å²) in [5.41, 5.74) is 1.44. The number of carbonyl (C=O) groups excluding carboxylic acids is 2. The van der Waals surface area contributed by atoms with Crippen LogP contribution in [-0.4, -0.2) is 53.6 Å². The highest BCUT2D eigenvalue weighted by molar-refractivity contribution is 6.04. The minimum Gasteiger partial charge on any atom is -0.478 e. The first-order chi connectivity index (χ1) is 15.0. The normalized spacial score (nSPS) is 20.5. The van der Waals surface area contributed by atoms with Crippen LogP contribution in [0.4, 0.5) is 5.69 Å². The lowest BCUT2D eigenvalue weighted by Crippen LogP contribution is -2.52. The molecule has 2 aliphatic rings. The zero-order valence-electron chi connectivity index (χ0n) is 18.1. The monoisotopic (exact) mass is 423 g/mol. The Kier molecular flexibility index (Phi) is 6.51. The van der Waals surface area contributed by atoms with Crippen molar-refractivity contribution >= 4 is 17.5 Å². The molecule has 164 valence electrons. The van der Waals surface area contributed by atoms with Crippen LogP contribution < -0.4 is 9.64 Å². The summed E-state index contributed by atoms with van der Waals surface area (Å²) in [6.45, 7) is 5.45. The van der Waals surface area contributed by atoms with Gasteiger partial charge in [-0.2, -0.15) is 0 Å². The molecule has 1 aromatic carbocycles. The topological polar surface area (TPSA) is 72.0 Å². The number of fused-ring (bicyclic) bond motifs is 1. The Bertz CT molecular complexity index is 912. The van der Waals surface area contributed by atoms with Crippen molar-refractivity contribution in [1.82, 2.24) is 9.88 Å². The summed E-state index contributed by atoms with van der Waals surface area (Å²) < 4.78 is 11.7. The third kappa shape index (κ3) is 4.88. The number of para-hydroxylation sites is 2. The summed E-state index contributed by atoms with van der Waals surface area (Å²) in [6.07, 6.45) is 3.07. The number of pyridine rings is 1. The largest absolute Gasteiger partial charge is 0.478 e. The molecule has 0 aliphatic carbocycles. The first-order valence-electron chi connectivity index (χ1n) is 10.9. The molecule has 31 heavy (non-hydrogen) atoms. The molecule has 1 fully saturated rings. The molecule has 1 aromatic heterocycles. The smallest absolute Gasteiger partial charge is 0.268 e. The maximum atomic E-state index is 13.4. The number of aromatic nitrogens is 1. The molecule has 0 radical (unpaired) electrons. The Balaban J connectivity index is 1.56. The highest BCUT2D eigenvalue weighted by Crippen LogP contribution is 2.35. The standard InChI is InChI=1S/C24H29N3O4/c1-17(2)23-24(29)27(20-10-3-4-11-21(20)31-23)16-22(28)26(15-19-9-7-13-30-19)14-18-8-5-6-12-25-18/h3-6,8,10-12,17,19,23H,7,9,13-16H2,1-2H3/t19-,23-/m0/s1. The van der Waals surface area contributed by atoms with E-state index in [0.29, 0.717) is 24.5 Å². The van der Waals surface area contributed by atoms with Gasteiger partial charge in [0.25, 0.3) is 5.91 Å². The summed E-state index contributed by atoms with van der Waals surface area (Å²) in [4.78, 5) is 34.3. The third-order valence-electron chi connectivity index (χ3n) is 5.70. The van der Waals surface area contributed by atoms with Gasteiger partial charge in [-0.15, -0.1) is 0 Å². The number of amides is 2. The van der Waals surface area contributed by atoms with Gasteiger partial charge in [-0.1, -0.05) is 32.0 Å². The van der Waals surface area contributed by atoms with Crippen molar-refractivity contribution in [2.24, 2.45) is 5.92 Å². The van der Waals surface area contributed by atoms with Gasteiger partial charge in [0.05, 0.1) is 24.0 Å². The van der Waals surface area contributed by atoms with Crippen LogP contribution in [0.2, 0.25) is 0 Å². The highest BCUT2D eigenvalue weighted by atomic mass is 16.5. The summed E-state index contributed by atoms with van der Waals surface area (Å²) in [6, 6.07) is 13.0. The first-order valence-corrected chi connectivity index (χ1v) is 10.9. The maximum absolute atomic E-state index is 13.4. The molecule has 3 heterocycles. The zero-order valence-corrected chi connectivity index (χ0v) is 18.1. The van der Waals surface area contributed by atoms with Crippen molar-refractivity contribution in [2.75, 3.05) is 24.6 Å². The molecule has 0 bridgehead atoms. The third-order valence-corrected chi connectivity index (χ3v) is 5.70. The quantitative estimate of drug-likeness (QED) is 0.685. The molecular formula is C24H29N3O4. The van der Waals surface area contributed by atoms with Crippen LogP contribution >= 0.6 is 0 Å². The average molecular weight is 424 g/mol. The number of hydrogen-bond acceptors (Lipinski definition) is 5. The van der Waals surface area contributed by atoms with Gasteiger partial charge in [0.2, 0.25) is 5.91 Å². The Morgan fingerprint density at radius 3 is 2.74 bits per heavy atom. The number of nitrogens with zero attached hydrogens (tertiary/aromatic N) is 3. The molecule has 0 N–H and O–H groups in total. The predicted octanol–water partition coefficient (Wildman–Crippen LogP) is 3.04. The van der Waals surface area contributed by atoms with E-state index < -0.39 is 6.10 Å². The first kappa shape index (κ1) is 21.3. The molecular weight excluding hydrogens is 394 g/mol. The van der Waals surface area contributed by atoms with Crippen LogP contribution in [0.1, 0.15) is 32.4 Å². The van der Waals surface area contributed by atoms with E-state index in [1.54, 1.807) is 16.0 Å². The summed E-state index contributed by atoms with van der Waals surface area (Å²) in [7, 11) is 0. The Labute approximate surface area is 183 Å². The van der Waals surface area contributed by atoms with Gasteiger partial charge in [0, 0.05) is 19.3 Å². The Hall–Kier alpha value is -2.93. The molecule has 2 amide bonds. The van der Waals surface area contributed by atoms with E-state index in [1.165, 1.54) is 0 Å². The highest BCUT2D eigenvalue weighted by Gasteiger charge is 2.38. The number of carbonyl (C=O) groups is 2. The second kappa shape index (κ2) is 9.47. The van der Waals surface area contributed by atoms with Gasteiger partial charge in [0.1, 0.15) is 12.3 Å². The molecule has 7 heteroatoms. The van der Waals surface area contributed by atoms with Crippen molar-refractivity contribution in [3.8, 4) is 5.75 Å². The van der Waals surface area contributed by atoms with E-state index >= 15 is 0 Å². The molecule has 2 aliphatic heterocycles. The van der Waals surface area contributed by atoms with Gasteiger partial charge < -0.3 is 14.4 Å². The fourth-order valence-electron chi connectivity index (χ4n) is 4.03. The van der Waals surface area contributed by atoms with Gasteiger partial charge in [-0.3, -0.25) is 19.5 Å². The number of ether oxygens (including phenoxy) is 2. The molecule has 1 saturated heterocycles. The summed E-state index contributed by atoms with van der Waals surface area (Å²) >= 11 is 0. The fraction of sp³-hybridized carbons (Fsp3) is 0.458. The van der Waals surface area contributed by atoms with Crippen LogP contribution in [0.5, 0.6) is 5.75 Å². The fourth-order valence-corrected chi connectivity index (χ4v) is 4.03. The van der Waals surface area contributed by atoms with E-state index in [1.807, 2.05) is 56.3 Å². The van der Waals surface area contributed by atoms with Crippen LogP contribution in [0.25, 0.3) is 0 Å². The Morgan fingerprint density at radius 1 is 1.23 bits per heavy atom. The van der Waals surface area contributed by atoms with Crippen LogP contribution in [0.3, 0.4) is 0 Å². The van der Waals surface area contributed by atoms with E-state index in [9.17, 15) is 9.59 Å². The van der Waals surface area contributed by atoms with E-state index in [4.69, 9.17) is 9.47 Å². The van der Waals surface area contributed by atoms with Crippen LogP contribution in [0, 0.1) is 5.92 Å². The summed E-state index contributed by atoms with van der Waals surface area (Å²) in [5.74, 6) is 0.310. The van der Waals surface area contributed by atoms with Crippen LogP contribution in [0.15, 0.2) is 48.7 Å². The molecule has 0 saturated carbocycles. The van der Waals surface area contributed by atoms with Crippen molar-refractivity contribution in [1.29, 1.82) is 0 Å². The lowest BCUT2D eigenvalue weighted by molar-refractivity contribution is -0.135.